The molecule has 14 rings (SSSR count). The normalized spacial score (nSPS) is 12.9. The summed E-state index contributed by atoms with van der Waals surface area (Å²) in [5.41, 5.74) is 26.4. The maximum Gasteiger partial charge on any atom is 0.254 e. The number of hydrogen-bond donors (Lipinski definition) is 0. The smallest absolute Gasteiger partial charge is 0.254 e. The van der Waals surface area contributed by atoms with E-state index >= 15 is 0 Å². The minimum absolute atomic E-state index is 0.00880. The highest BCUT2D eigenvalue weighted by Gasteiger charge is 2.46. The monoisotopic (exact) mass is 1120 g/mol. The average molecular weight is 1120 g/mol. The van der Waals surface area contributed by atoms with Gasteiger partial charge in [-0.1, -0.05) is 244 Å². The van der Waals surface area contributed by atoms with Gasteiger partial charge in [0.15, 0.2) is 0 Å². The lowest BCUT2D eigenvalue weighted by Gasteiger charge is -2.44. The highest BCUT2D eigenvalue weighted by atomic mass is 32.1. The van der Waals surface area contributed by atoms with Gasteiger partial charge in [-0.05, 0) is 167 Å². The van der Waals surface area contributed by atoms with Crippen LogP contribution in [0.2, 0.25) is 0 Å². The Morgan fingerprint density at radius 3 is 1.45 bits per heavy atom. The van der Waals surface area contributed by atoms with Gasteiger partial charge in [0, 0.05) is 50.0 Å². The van der Waals surface area contributed by atoms with Crippen molar-refractivity contribution in [1.29, 1.82) is 0 Å². The average Bonchev–Trinajstić information content (AvgIpc) is 2.18. The van der Waals surface area contributed by atoms with Gasteiger partial charge in [0.2, 0.25) is 0 Å². The molecule has 85 heavy (non-hydrogen) atoms. The number of rotatable bonds is 9. The van der Waals surface area contributed by atoms with Crippen molar-refractivity contribution in [3.63, 3.8) is 0 Å². The molecule has 414 valence electrons. The van der Waals surface area contributed by atoms with Crippen LogP contribution in [0.4, 0.5) is 50.5 Å². The Kier molecular flexibility index (Phi) is 13.2. The summed E-state index contributed by atoms with van der Waals surface area (Å²) in [6, 6.07) is 98.3. The van der Waals surface area contributed by atoms with Crippen molar-refractivity contribution >= 4 is 95.0 Å². The van der Waals surface area contributed by atoms with Crippen LogP contribution in [-0.4, -0.2) is 6.71 Å². The van der Waals surface area contributed by atoms with Crippen molar-refractivity contribution in [3.05, 3.63) is 278 Å². The Morgan fingerprint density at radius 1 is 0.341 bits per heavy atom. The fraction of sp³-hybridized carbons (Fsp3) is 0.150. The van der Waals surface area contributed by atoms with E-state index in [9.17, 15) is 0 Å². The minimum atomic E-state index is -0.108. The van der Waals surface area contributed by atoms with E-state index in [0.29, 0.717) is 0 Å². The summed E-state index contributed by atoms with van der Waals surface area (Å²) < 4.78 is 1.27. The molecular weight excluding hydrogens is 1050 g/mol. The van der Waals surface area contributed by atoms with Gasteiger partial charge in [0.25, 0.3) is 6.71 Å². The van der Waals surface area contributed by atoms with Gasteiger partial charge in [-0.2, -0.15) is 0 Å². The predicted molar refractivity (Wildman–Crippen MR) is 368 cm³/mol. The Bertz CT molecular complexity index is 4450. The van der Waals surface area contributed by atoms with Crippen molar-refractivity contribution in [3.8, 4) is 44.5 Å². The SMILES string of the molecule is CC(C)(C)c1ccc(-c2ccccc2N(c2ccc(C(C)(C)C)cc2)c2ccc3c(c2)N(c2ccc(-c4ccccc4)cc2-c2ccccc2)c2cccc4c2B3c2c(sc3ccc(-c5ccccc5)cc23)N4c2ccc(C(C)(C)C)cc2)cc1. The molecule has 0 bridgehead atoms. The highest BCUT2D eigenvalue weighted by Crippen LogP contribution is 2.52. The molecule has 3 heterocycles. The van der Waals surface area contributed by atoms with Crippen LogP contribution in [-0.2, 0) is 16.2 Å². The summed E-state index contributed by atoms with van der Waals surface area (Å²) in [7, 11) is 0. The quantitative estimate of drug-likeness (QED) is 0.133. The summed E-state index contributed by atoms with van der Waals surface area (Å²) in [5.74, 6) is 0. The molecule has 0 amide bonds. The molecule has 0 radical (unpaired) electrons. The number of thiophene rings is 1. The number of anilines is 9. The zero-order valence-electron chi connectivity index (χ0n) is 50.2. The number of para-hydroxylation sites is 1. The Hall–Kier alpha value is -9.16. The van der Waals surface area contributed by atoms with Crippen molar-refractivity contribution in [1.82, 2.24) is 0 Å². The maximum absolute atomic E-state index is 2.61. The van der Waals surface area contributed by atoms with Crippen LogP contribution in [0.1, 0.15) is 79.0 Å². The number of hydrogen-bond acceptors (Lipinski definition) is 4. The lowest BCUT2D eigenvalue weighted by atomic mass is 9.33. The van der Waals surface area contributed by atoms with Crippen molar-refractivity contribution in [2.24, 2.45) is 0 Å². The fourth-order valence-electron chi connectivity index (χ4n) is 13.0. The molecule has 0 atom stereocenters. The summed E-state index contributed by atoms with van der Waals surface area (Å²) in [6.07, 6.45) is 0. The Balaban J connectivity index is 1.07. The van der Waals surface area contributed by atoms with E-state index in [1.54, 1.807) is 0 Å². The number of benzene rings is 11. The fourth-order valence-corrected chi connectivity index (χ4v) is 14.3. The van der Waals surface area contributed by atoms with Crippen LogP contribution in [0.15, 0.2) is 261 Å². The van der Waals surface area contributed by atoms with Crippen molar-refractivity contribution in [2.75, 3.05) is 14.7 Å². The molecule has 0 unspecified atom stereocenters. The van der Waals surface area contributed by atoms with Crippen LogP contribution in [0, 0.1) is 0 Å². The van der Waals surface area contributed by atoms with Crippen LogP contribution >= 0.6 is 11.3 Å². The van der Waals surface area contributed by atoms with Crippen LogP contribution in [0.3, 0.4) is 0 Å². The first-order valence-electron chi connectivity index (χ1n) is 30.0. The number of nitrogens with zero attached hydrogens (tertiary/aromatic N) is 3. The molecule has 0 N–H and O–H groups in total. The van der Waals surface area contributed by atoms with Crippen molar-refractivity contribution < 1.29 is 0 Å². The summed E-state index contributed by atoms with van der Waals surface area (Å²) >= 11 is 1.91. The first kappa shape index (κ1) is 53.8. The van der Waals surface area contributed by atoms with Crippen molar-refractivity contribution in [2.45, 2.75) is 78.6 Å². The van der Waals surface area contributed by atoms with E-state index in [1.807, 2.05) is 11.3 Å². The molecule has 0 saturated carbocycles. The molecule has 5 heteroatoms. The standard InChI is InChI=1S/C80H70BN3S/c1-78(2,3)59-36-32-56(33-37-59)65-28-19-20-29-69(65)82(62-42-38-60(39-43-62)79(4,5)6)64-46-47-68-73(52-64)84(70-48-34-57(53-22-13-10-14-23-53)50-66(70)55-26-17-12-18-27-55)72-31-21-30-71-76(72)81(68)75-67-51-58(54-24-15-11-16-25-54)35-49-74(67)85-77(75)83(71)63-44-40-61(41-45-63)80(7,8)9/h10-52H,1-9H3. The van der Waals surface area contributed by atoms with Gasteiger partial charge in [-0.3, -0.25) is 0 Å². The largest absolute Gasteiger partial charge is 0.311 e. The summed E-state index contributed by atoms with van der Waals surface area (Å²) in [5, 5.41) is 2.54. The first-order chi connectivity index (χ1) is 41.1. The first-order valence-corrected chi connectivity index (χ1v) is 30.8. The molecule has 11 aromatic carbocycles. The third kappa shape index (κ3) is 9.65. The lowest BCUT2D eigenvalue weighted by Crippen LogP contribution is -2.61. The van der Waals surface area contributed by atoms with Crippen LogP contribution in [0.5, 0.6) is 0 Å². The molecule has 0 fully saturated rings. The lowest BCUT2D eigenvalue weighted by molar-refractivity contribution is 0.590. The van der Waals surface area contributed by atoms with Gasteiger partial charge in [0.05, 0.1) is 16.4 Å². The zero-order valence-corrected chi connectivity index (χ0v) is 51.0. The third-order valence-corrected chi connectivity index (χ3v) is 18.8. The molecule has 0 spiro atoms. The molecular formula is C80H70BN3S. The zero-order chi connectivity index (χ0) is 58.4. The van der Waals surface area contributed by atoms with Gasteiger partial charge in [-0.25, -0.2) is 0 Å². The predicted octanol–water partition coefficient (Wildman–Crippen LogP) is 21.0. The van der Waals surface area contributed by atoms with E-state index in [2.05, 4.69) is 338 Å². The van der Waals surface area contributed by atoms with Gasteiger partial charge in [-0.15, -0.1) is 11.3 Å². The Labute approximate surface area is 507 Å². The minimum Gasteiger partial charge on any atom is -0.311 e. The molecule has 3 nitrogen and oxygen atoms in total. The van der Waals surface area contributed by atoms with E-state index in [4.69, 9.17) is 0 Å². The second kappa shape index (κ2) is 20.9. The molecule has 0 saturated heterocycles. The second-order valence-corrected chi connectivity index (χ2v) is 27.2. The molecule has 2 aliphatic heterocycles. The summed E-state index contributed by atoms with van der Waals surface area (Å²) in [4.78, 5) is 7.69. The van der Waals surface area contributed by atoms with E-state index < -0.39 is 0 Å². The van der Waals surface area contributed by atoms with Crippen LogP contribution < -0.4 is 31.1 Å². The molecule has 0 aliphatic carbocycles. The molecule has 2 aliphatic rings. The Morgan fingerprint density at radius 2 is 0.835 bits per heavy atom. The van der Waals surface area contributed by atoms with Gasteiger partial charge in [0.1, 0.15) is 0 Å². The second-order valence-electron chi connectivity index (χ2n) is 26.2. The maximum atomic E-state index is 2.61. The van der Waals surface area contributed by atoms with Gasteiger partial charge < -0.3 is 14.7 Å². The van der Waals surface area contributed by atoms with Gasteiger partial charge >= 0.3 is 0 Å². The van der Waals surface area contributed by atoms with E-state index in [1.165, 1.54) is 87.2 Å². The third-order valence-electron chi connectivity index (χ3n) is 17.6. The van der Waals surface area contributed by atoms with E-state index in [-0.39, 0.29) is 23.0 Å². The van der Waals surface area contributed by atoms with E-state index in [0.717, 1.165) is 50.9 Å². The number of fused-ring (bicyclic) bond motifs is 6. The van der Waals surface area contributed by atoms with Crippen LogP contribution in [0.25, 0.3) is 54.6 Å². The summed E-state index contributed by atoms with van der Waals surface area (Å²) in [6.45, 7) is 20.6. The highest BCUT2D eigenvalue weighted by molar-refractivity contribution is 7.26. The topological polar surface area (TPSA) is 9.72 Å². The molecule has 1 aromatic heterocycles. The molecule has 12 aromatic rings.